The highest BCUT2D eigenvalue weighted by molar-refractivity contribution is 7.98. The normalized spacial score (nSPS) is 13.2. The minimum atomic E-state index is -3.48. The Labute approximate surface area is 124 Å². The number of nitrogens with one attached hydrogen (secondary N) is 1. The van der Waals surface area contributed by atoms with E-state index in [0.29, 0.717) is 5.56 Å². The molecule has 3 N–H and O–H groups in total. The molecule has 0 spiro atoms. The zero-order valence-corrected chi connectivity index (χ0v) is 13.4. The third-order valence-corrected chi connectivity index (χ3v) is 5.05. The van der Waals surface area contributed by atoms with E-state index in [1.54, 1.807) is 23.9 Å². The van der Waals surface area contributed by atoms with Gasteiger partial charge in [-0.25, -0.2) is 13.1 Å². The first-order chi connectivity index (χ1) is 8.86. The molecular formula is C12H18N2O2S3. The Morgan fingerprint density at radius 2 is 2.00 bits per heavy atom. The van der Waals surface area contributed by atoms with E-state index in [2.05, 4.69) is 4.72 Å². The molecule has 19 heavy (non-hydrogen) atoms. The lowest BCUT2D eigenvalue weighted by Gasteiger charge is -2.13. The summed E-state index contributed by atoms with van der Waals surface area (Å²) in [6.07, 6.45) is 2.79. The topological polar surface area (TPSA) is 72.2 Å². The first-order valence-corrected chi connectivity index (χ1v) is 9.06. The van der Waals surface area contributed by atoms with Gasteiger partial charge in [0.25, 0.3) is 0 Å². The van der Waals surface area contributed by atoms with Gasteiger partial charge in [0.05, 0.1) is 4.90 Å². The van der Waals surface area contributed by atoms with Crippen LogP contribution in [0.4, 0.5) is 0 Å². The fraction of sp³-hybridized carbons (Fsp3) is 0.417. The summed E-state index contributed by atoms with van der Waals surface area (Å²) in [5.41, 5.74) is 6.13. The van der Waals surface area contributed by atoms with Crippen molar-refractivity contribution < 1.29 is 8.42 Å². The fourth-order valence-electron chi connectivity index (χ4n) is 1.48. The Kier molecular flexibility index (Phi) is 6.25. The molecular weight excluding hydrogens is 300 g/mol. The fourth-order valence-corrected chi connectivity index (χ4v) is 3.49. The van der Waals surface area contributed by atoms with Crippen LogP contribution in [0.1, 0.15) is 18.9 Å². The third-order valence-electron chi connectivity index (χ3n) is 2.56. The summed E-state index contributed by atoms with van der Waals surface area (Å²) in [4.78, 5) is 0.480. The quantitative estimate of drug-likeness (QED) is 0.749. The van der Waals surface area contributed by atoms with Gasteiger partial charge in [-0.15, -0.1) is 0 Å². The highest BCUT2D eigenvalue weighted by Crippen LogP contribution is 2.12. The summed E-state index contributed by atoms with van der Waals surface area (Å²) in [6.45, 7) is 1.86. The van der Waals surface area contributed by atoms with E-state index in [1.807, 2.05) is 13.2 Å². The maximum atomic E-state index is 12.1. The van der Waals surface area contributed by atoms with Crippen LogP contribution in [0.15, 0.2) is 29.2 Å². The number of sulfonamides is 1. The van der Waals surface area contributed by atoms with E-state index in [9.17, 15) is 8.42 Å². The first-order valence-electron chi connectivity index (χ1n) is 5.78. The molecule has 0 aliphatic rings. The number of thioether (sulfide) groups is 1. The zero-order chi connectivity index (χ0) is 14.5. The molecule has 1 unspecified atom stereocenters. The van der Waals surface area contributed by atoms with E-state index in [-0.39, 0.29) is 15.9 Å². The van der Waals surface area contributed by atoms with Crippen LogP contribution in [-0.4, -0.2) is 31.5 Å². The molecule has 0 heterocycles. The number of hydrogen-bond donors (Lipinski definition) is 2. The van der Waals surface area contributed by atoms with Gasteiger partial charge in [-0.3, -0.25) is 0 Å². The van der Waals surface area contributed by atoms with Gasteiger partial charge in [0.15, 0.2) is 0 Å². The van der Waals surface area contributed by atoms with Gasteiger partial charge < -0.3 is 5.73 Å². The molecule has 106 valence electrons. The number of rotatable bonds is 7. The summed E-state index contributed by atoms with van der Waals surface area (Å²) >= 11 is 6.52. The molecule has 0 aromatic heterocycles. The molecule has 0 aliphatic carbocycles. The SMILES string of the molecule is CSCCC(C)NS(=O)(=O)c1ccc(C(N)=S)cc1. The predicted octanol–water partition coefficient (Wildman–Crippen LogP) is 1.74. The van der Waals surface area contributed by atoms with Gasteiger partial charge in [-0.05, 0) is 37.5 Å². The summed E-state index contributed by atoms with van der Waals surface area (Å²) < 4.78 is 26.9. The second-order valence-corrected chi connectivity index (χ2v) is 7.33. The van der Waals surface area contributed by atoms with Gasteiger partial charge in [-0.1, -0.05) is 24.4 Å². The Balaban J connectivity index is 2.79. The molecule has 0 amide bonds. The van der Waals surface area contributed by atoms with Gasteiger partial charge in [-0.2, -0.15) is 11.8 Å². The van der Waals surface area contributed by atoms with Crippen molar-refractivity contribution in [2.45, 2.75) is 24.3 Å². The number of benzene rings is 1. The van der Waals surface area contributed by atoms with Crippen molar-refractivity contribution in [1.29, 1.82) is 0 Å². The summed E-state index contributed by atoms with van der Waals surface area (Å²) in [6, 6.07) is 6.16. The van der Waals surface area contributed by atoms with Gasteiger partial charge >= 0.3 is 0 Å². The summed E-state index contributed by atoms with van der Waals surface area (Å²) in [5.74, 6) is 0.921. The summed E-state index contributed by atoms with van der Waals surface area (Å²) in [7, 11) is -3.48. The molecule has 0 fully saturated rings. The minimum Gasteiger partial charge on any atom is -0.389 e. The van der Waals surface area contributed by atoms with Crippen LogP contribution >= 0.6 is 24.0 Å². The Morgan fingerprint density at radius 1 is 1.42 bits per heavy atom. The van der Waals surface area contributed by atoms with Crippen LogP contribution < -0.4 is 10.5 Å². The third kappa shape index (κ3) is 5.10. The predicted molar refractivity (Wildman–Crippen MR) is 85.1 cm³/mol. The zero-order valence-electron chi connectivity index (χ0n) is 10.9. The largest absolute Gasteiger partial charge is 0.389 e. The van der Waals surface area contributed by atoms with Crippen LogP contribution in [-0.2, 0) is 10.0 Å². The number of nitrogens with two attached hydrogens (primary N) is 1. The summed E-state index contributed by atoms with van der Waals surface area (Å²) in [5, 5.41) is 0. The molecule has 0 bridgehead atoms. The first kappa shape index (κ1) is 16.4. The lowest BCUT2D eigenvalue weighted by molar-refractivity contribution is 0.557. The smallest absolute Gasteiger partial charge is 0.240 e. The van der Waals surface area contributed by atoms with E-state index in [0.717, 1.165) is 12.2 Å². The standard InChI is InChI=1S/C12H18N2O2S3/c1-9(7-8-18-2)14-19(15,16)11-5-3-10(4-6-11)12(13)17/h3-6,9,14H,7-8H2,1-2H3,(H2,13,17). The van der Waals surface area contributed by atoms with Crippen molar-refractivity contribution in [3.63, 3.8) is 0 Å². The molecule has 0 radical (unpaired) electrons. The minimum absolute atomic E-state index is 0.0901. The second-order valence-electron chi connectivity index (χ2n) is 4.19. The Bertz CT molecular complexity index is 526. The van der Waals surface area contributed by atoms with Crippen molar-refractivity contribution in [3.05, 3.63) is 29.8 Å². The van der Waals surface area contributed by atoms with Gasteiger partial charge in [0.2, 0.25) is 10.0 Å². The molecule has 0 saturated carbocycles. The molecule has 0 saturated heterocycles. The van der Waals surface area contributed by atoms with Crippen LogP contribution in [0.25, 0.3) is 0 Å². The second kappa shape index (κ2) is 7.23. The lowest BCUT2D eigenvalue weighted by Crippen LogP contribution is -2.33. The van der Waals surface area contributed by atoms with E-state index < -0.39 is 10.0 Å². The van der Waals surface area contributed by atoms with Crippen molar-refractivity contribution in [1.82, 2.24) is 4.72 Å². The van der Waals surface area contributed by atoms with Gasteiger partial charge in [0.1, 0.15) is 4.99 Å². The van der Waals surface area contributed by atoms with Crippen LogP contribution in [0.3, 0.4) is 0 Å². The Hall–Kier alpha value is -0.630. The Morgan fingerprint density at radius 3 is 2.47 bits per heavy atom. The number of hydrogen-bond acceptors (Lipinski definition) is 4. The maximum absolute atomic E-state index is 12.1. The average Bonchev–Trinajstić information content (AvgIpc) is 2.36. The number of thiocarbonyl (C=S) groups is 1. The maximum Gasteiger partial charge on any atom is 0.240 e. The van der Waals surface area contributed by atoms with E-state index in [1.165, 1.54) is 12.1 Å². The highest BCUT2D eigenvalue weighted by Gasteiger charge is 2.17. The van der Waals surface area contributed by atoms with Crippen molar-refractivity contribution in [2.75, 3.05) is 12.0 Å². The molecule has 7 heteroatoms. The lowest BCUT2D eigenvalue weighted by atomic mass is 10.2. The molecule has 1 atom stereocenters. The van der Waals surface area contributed by atoms with Gasteiger partial charge in [0, 0.05) is 11.6 Å². The van der Waals surface area contributed by atoms with Crippen LogP contribution in [0.2, 0.25) is 0 Å². The monoisotopic (exact) mass is 318 g/mol. The van der Waals surface area contributed by atoms with Crippen LogP contribution in [0, 0.1) is 0 Å². The van der Waals surface area contributed by atoms with Crippen LogP contribution in [0.5, 0.6) is 0 Å². The van der Waals surface area contributed by atoms with Crippen molar-refractivity contribution in [3.8, 4) is 0 Å². The van der Waals surface area contributed by atoms with Crippen molar-refractivity contribution in [2.24, 2.45) is 5.73 Å². The van der Waals surface area contributed by atoms with Crippen molar-refractivity contribution >= 4 is 39.0 Å². The molecule has 4 nitrogen and oxygen atoms in total. The van der Waals surface area contributed by atoms with E-state index >= 15 is 0 Å². The highest BCUT2D eigenvalue weighted by atomic mass is 32.2. The molecule has 1 aromatic rings. The van der Waals surface area contributed by atoms with E-state index in [4.69, 9.17) is 18.0 Å². The molecule has 1 aromatic carbocycles. The average molecular weight is 318 g/mol. The molecule has 1 rings (SSSR count). The molecule has 0 aliphatic heterocycles.